The zero-order chi connectivity index (χ0) is 18.1. The molecule has 1 aliphatic heterocycles. The lowest BCUT2D eigenvalue weighted by molar-refractivity contribution is 0.297. The molecular weight excluding hydrogens is 342 g/mol. The maximum absolute atomic E-state index is 5.80. The molecule has 0 saturated heterocycles. The Labute approximate surface area is 158 Å². The van der Waals surface area contributed by atoms with Crippen LogP contribution >= 0.6 is 11.3 Å². The van der Waals surface area contributed by atoms with Crippen LogP contribution in [0.25, 0.3) is 21.8 Å². The van der Waals surface area contributed by atoms with Crippen molar-refractivity contribution in [3.63, 3.8) is 0 Å². The zero-order valence-corrected chi connectivity index (χ0v) is 16.2. The Kier molecular flexibility index (Phi) is 4.45. The number of benzene rings is 2. The van der Waals surface area contributed by atoms with Crippen LogP contribution in [0.5, 0.6) is 11.5 Å². The Balaban J connectivity index is 1.61. The predicted octanol–water partition coefficient (Wildman–Crippen LogP) is 5.94. The molecule has 0 fully saturated rings. The smallest absolute Gasteiger partial charge is 0.161 e. The quantitative estimate of drug-likeness (QED) is 0.563. The van der Waals surface area contributed by atoms with Crippen molar-refractivity contribution in [2.75, 3.05) is 13.2 Å². The van der Waals surface area contributed by atoms with E-state index in [1.54, 1.807) is 11.3 Å². The van der Waals surface area contributed by atoms with E-state index in [0.29, 0.717) is 13.2 Å². The summed E-state index contributed by atoms with van der Waals surface area (Å²) in [5.74, 6) is 1.63. The van der Waals surface area contributed by atoms with E-state index in [9.17, 15) is 0 Å². The Morgan fingerprint density at radius 3 is 2.31 bits per heavy atom. The molecule has 2 heterocycles. The minimum absolute atomic E-state index is 0.163. The molecule has 26 heavy (non-hydrogen) atoms. The number of nitrogens with zero attached hydrogens (tertiary/aromatic N) is 1. The molecule has 1 aliphatic rings. The van der Waals surface area contributed by atoms with Crippen LogP contribution in [0.2, 0.25) is 0 Å². The Morgan fingerprint density at radius 2 is 1.58 bits per heavy atom. The molecule has 134 valence electrons. The van der Waals surface area contributed by atoms with Crippen molar-refractivity contribution in [2.45, 2.75) is 32.6 Å². The Bertz CT molecular complexity index is 907. The summed E-state index contributed by atoms with van der Waals surface area (Å²) >= 11 is 1.67. The molecule has 3 nitrogen and oxygen atoms in total. The first-order chi connectivity index (χ1) is 12.5. The molecule has 0 aliphatic carbocycles. The van der Waals surface area contributed by atoms with Crippen LogP contribution in [0, 0.1) is 0 Å². The molecule has 0 amide bonds. The second-order valence-corrected chi connectivity index (χ2v) is 8.44. The van der Waals surface area contributed by atoms with E-state index in [-0.39, 0.29) is 5.41 Å². The van der Waals surface area contributed by atoms with Gasteiger partial charge >= 0.3 is 0 Å². The SMILES string of the molecule is CC(C)(C)c1ccc(-c2nc(-c3ccc4c(c3)OCCCO4)cs2)cc1. The third-order valence-corrected chi connectivity index (χ3v) is 5.44. The number of ether oxygens (including phenoxy) is 2. The number of thiazole rings is 1. The van der Waals surface area contributed by atoms with Crippen LogP contribution < -0.4 is 9.47 Å². The first kappa shape index (κ1) is 17.1. The molecule has 0 spiro atoms. The number of rotatable bonds is 2. The van der Waals surface area contributed by atoms with Gasteiger partial charge in [0.25, 0.3) is 0 Å². The van der Waals surface area contributed by atoms with Gasteiger partial charge in [-0.15, -0.1) is 11.3 Å². The van der Waals surface area contributed by atoms with Crippen LogP contribution in [0.3, 0.4) is 0 Å². The van der Waals surface area contributed by atoms with Gasteiger partial charge < -0.3 is 9.47 Å². The largest absolute Gasteiger partial charge is 0.490 e. The predicted molar refractivity (Wildman–Crippen MR) is 107 cm³/mol. The second kappa shape index (κ2) is 6.76. The molecule has 0 atom stereocenters. The summed E-state index contributed by atoms with van der Waals surface area (Å²) in [5, 5.41) is 3.14. The Hall–Kier alpha value is -2.33. The van der Waals surface area contributed by atoms with E-state index in [0.717, 1.165) is 39.7 Å². The van der Waals surface area contributed by atoms with Gasteiger partial charge in [0, 0.05) is 22.9 Å². The van der Waals surface area contributed by atoms with E-state index >= 15 is 0 Å². The van der Waals surface area contributed by atoms with Gasteiger partial charge in [-0.1, -0.05) is 45.0 Å². The fourth-order valence-electron chi connectivity index (χ4n) is 2.97. The van der Waals surface area contributed by atoms with E-state index in [1.807, 2.05) is 12.1 Å². The lowest BCUT2D eigenvalue weighted by Gasteiger charge is -2.18. The summed E-state index contributed by atoms with van der Waals surface area (Å²) in [5.41, 5.74) is 4.68. The molecule has 0 saturated carbocycles. The second-order valence-electron chi connectivity index (χ2n) is 7.58. The fraction of sp³-hybridized carbons (Fsp3) is 0.318. The first-order valence-electron chi connectivity index (χ1n) is 8.97. The van der Waals surface area contributed by atoms with Gasteiger partial charge in [-0.25, -0.2) is 4.98 Å². The minimum Gasteiger partial charge on any atom is -0.490 e. The lowest BCUT2D eigenvalue weighted by Crippen LogP contribution is -2.10. The van der Waals surface area contributed by atoms with Gasteiger partial charge in [0.15, 0.2) is 11.5 Å². The van der Waals surface area contributed by atoms with E-state index in [4.69, 9.17) is 14.5 Å². The number of aromatic nitrogens is 1. The molecule has 4 heteroatoms. The third kappa shape index (κ3) is 3.47. The van der Waals surface area contributed by atoms with Crippen molar-refractivity contribution in [1.82, 2.24) is 4.98 Å². The Morgan fingerprint density at radius 1 is 0.885 bits per heavy atom. The summed E-state index contributed by atoms with van der Waals surface area (Å²) in [6, 6.07) is 14.8. The monoisotopic (exact) mass is 365 g/mol. The van der Waals surface area contributed by atoms with Crippen molar-refractivity contribution in [3.8, 4) is 33.3 Å². The lowest BCUT2D eigenvalue weighted by atomic mass is 9.87. The highest BCUT2D eigenvalue weighted by Gasteiger charge is 2.15. The fourth-order valence-corrected chi connectivity index (χ4v) is 3.81. The molecule has 0 bridgehead atoms. The molecule has 0 unspecified atom stereocenters. The summed E-state index contributed by atoms with van der Waals surface area (Å²) in [4.78, 5) is 4.84. The van der Waals surface area contributed by atoms with Crippen LogP contribution in [-0.2, 0) is 5.41 Å². The average Bonchev–Trinajstić information content (AvgIpc) is 3.00. The van der Waals surface area contributed by atoms with Gasteiger partial charge in [0.2, 0.25) is 0 Å². The summed E-state index contributed by atoms with van der Waals surface area (Å²) in [7, 11) is 0. The third-order valence-electron chi connectivity index (χ3n) is 4.55. The summed E-state index contributed by atoms with van der Waals surface area (Å²) < 4.78 is 11.5. The van der Waals surface area contributed by atoms with Crippen molar-refractivity contribution in [2.24, 2.45) is 0 Å². The van der Waals surface area contributed by atoms with Crippen molar-refractivity contribution < 1.29 is 9.47 Å². The number of hydrogen-bond donors (Lipinski definition) is 0. The zero-order valence-electron chi connectivity index (χ0n) is 15.4. The van der Waals surface area contributed by atoms with Gasteiger partial charge in [0.05, 0.1) is 18.9 Å². The van der Waals surface area contributed by atoms with Crippen LogP contribution in [0.4, 0.5) is 0 Å². The van der Waals surface area contributed by atoms with Gasteiger partial charge in [-0.05, 0) is 29.2 Å². The van der Waals surface area contributed by atoms with Gasteiger partial charge in [-0.3, -0.25) is 0 Å². The molecule has 4 rings (SSSR count). The highest BCUT2D eigenvalue weighted by molar-refractivity contribution is 7.13. The first-order valence-corrected chi connectivity index (χ1v) is 9.85. The standard InChI is InChI=1S/C22H23NO2S/c1-22(2,3)17-8-5-15(6-9-17)21-23-18(14-26-21)16-7-10-19-20(13-16)25-12-4-11-24-19/h5-10,13-14H,4,11-12H2,1-3H3. The molecule has 0 N–H and O–H groups in total. The molecular formula is C22H23NO2S. The van der Waals surface area contributed by atoms with Gasteiger partial charge in [-0.2, -0.15) is 0 Å². The van der Waals surface area contributed by atoms with E-state index < -0.39 is 0 Å². The number of hydrogen-bond acceptors (Lipinski definition) is 4. The number of fused-ring (bicyclic) bond motifs is 1. The van der Waals surface area contributed by atoms with E-state index in [2.05, 4.69) is 56.5 Å². The topological polar surface area (TPSA) is 31.4 Å². The maximum Gasteiger partial charge on any atom is 0.161 e. The normalized spacial score (nSPS) is 14.1. The average molecular weight is 365 g/mol. The van der Waals surface area contributed by atoms with Crippen molar-refractivity contribution in [1.29, 1.82) is 0 Å². The molecule has 0 radical (unpaired) electrons. The van der Waals surface area contributed by atoms with Crippen LogP contribution in [-0.4, -0.2) is 18.2 Å². The van der Waals surface area contributed by atoms with Gasteiger partial charge in [0.1, 0.15) is 5.01 Å². The minimum atomic E-state index is 0.163. The van der Waals surface area contributed by atoms with Crippen LogP contribution in [0.1, 0.15) is 32.8 Å². The maximum atomic E-state index is 5.80. The molecule has 2 aromatic carbocycles. The molecule has 3 aromatic rings. The van der Waals surface area contributed by atoms with E-state index in [1.165, 1.54) is 5.56 Å². The van der Waals surface area contributed by atoms with Crippen molar-refractivity contribution >= 4 is 11.3 Å². The van der Waals surface area contributed by atoms with Crippen LogP contribution in [0.15, 0.2) is 47.8 Å². The molecule has 1 aromatic heterocycles. The summed E-state index contributed by atoms with van der Waals surface area (Å²) in [6.07, 6.45) is 0.912. The van der Waals surface area contributed by atoms with Crippen molar-refractivity contribution in [3.05, 3.63) is 53.4 Å². The summed E-state index contributed by atoms with van der Waals surface area (Å²) in [6.45, 7) is 8.09. The highest BCUT2D eigenvalue weighted by atomic mass is 32.1. The highest BCUT2D eigenvalue weighted by Crippen LogP contribution is 2.36.